The van der Waals surface area contributed by atoms with Gasteiger partial charge in [-0.05, 0) is 54.6 Å². The standard InChI is InChI=1S/C19H16FN5O2/c1-12(26)21-15-3-2-4-16(11-15)22-17-9-10-18(25-24-17)23-19(27)13-5-7-14(20)8-6-13/h2-11H,1H3,(H,21,26)(H,22,24)(H,23,25,27). The number of benzene rings is 2. The second-order valence-electron chi connectivity index (χ2n) is 5.65. The van der Waals surface area contributed by atoms with Crippen LogP contribution in [0.15, 0.2) is 60.7 Å². The Morgan fingerprint density at radius 2 is 1.52 bits per heavy atom. The van der Waals surface area contributed by atoms with E-state index in [-0.39, 0.29) is 11.7 Å². The highest BCUT2D eigenvalue weighted by Gasteiger charge is 2.08. The number of carbonyl (C=O) groups is 2. The van der Waals surface area contributed by atoms with Gasteiger partial charge in [-0.15, -0.1) is 10.2 Å². The maximum atomic E-state index is 12.9. The molecule has 2 aromatic carbocycles. The van der Waals surface area contributed by atoms with Crippen molar-refractivity contribution in [1.82, 2.24) is 10.2 Å². The highest BCUT2D eigenvalue weighted by atomic mass is 19.1. The molecule has 0 atom stereocenters. The Morgan fingerprint density at radius 3 is 2.19 bits per heavy atom. The summed E-state index contributed by atoms with van der Waals surface area (Å²) in [4.78, 5) is 23.2. The molecule has 0 unspecified atom stereocenters. The fourth-order valence-electron chi connectivity index (χ4n) is 2.28. The quantitative estimate of drug-likeness (QED) is 0.642. The van der Waals surface area contributed by atoms with E-state index in [0.717, 1.165) is 5.69 Å². The molecule has 0 radical (unpaired) electrons. The number of halogens is 1. The van der Waals surface area contributed by atoms with Crippen LogP contribution in [0.2, 0.25) is 0 Å². The van der Waals surface area contributed by atoms with Gasteiger partial charge in [0.1, 0.15) is 5.82 Å². The first-order chi connectivity index (χ1) is 13.0. The van der Waals surface area contributed by atoms with E-state index < -0.39 is 11.7 Å². The second kappa shape index (κ2) is 8.05. The average Bonchev–Trinajstić information content (AvgIpc) is 2.63. The summed E-state index contributed by atoms with van der Waals surface area (Å²) in [5.74, 6) is -0.248. The predicted octanol–water partition coefficient (Wildman–Crippen LogP) is 3.57. The van der Waals surface area contributed by atoms with Crippen molar-refractivity contribution in [2.75, 3.05) is 16.0 Å². The molecule has 7 nitrogen and oxygen atoms in total. The Hall–Kier alpha value is -3.81. The number of nitrogens with zero attached hydrogens (tertiary/aromatic N) is 2. The summed E-state index contributed by atoms with van der Waals surface area (Å²) < 4.78 is 12.9. The Balaban J connectivity index is 1.64. The van der Waals surface area contributed by atoms with Gasteiger partial charge in [-0.2, -0.15) is 0 Å². The van der Waals surface area contributed by atoms with Gasteiger partial charge in [-0.25, -0.2) is 4.39 Å². The summed E-state index contributed by atoms with van der Waals surface area (Å²) in [5, 5.41) is 16.3. The zero-order valence-electron chi connectivity index (χ0n) is 14.4. The van der Waals surface area contributed by atoms with E-state index in [2.05, 4.69) is 26.1 Å². The van der Waals surface area contributed by atoms with Gasteiger partial charge in [0, 0.05) is 23.9 Å². The van der Waals surface area contributed by atoms with Gasteiger partial charge in [0.2, 0.25) is 5.91 Å². The van der Waals surface area contributed by atoms with Gasteiger partial charge in [-0.3, -0.25) is 9.59 Å². The summed E-state index contributed by atoms with van der Waals surface area (Å²) in [5.41, 5.74) is 1.69. The van der Waals surface area contributed by atoms with Crippen LogP contribution in [-0.4, -0.2) is 22.0 Å². The number of hydrogen-bond acceptors (Lipinski definition) is 5. The molecule has 0 spiro atoms. The molecule has 27 heavy (non-hydrogen) atoms. The smallest absolute Gasteiger partial charge is 0.256 e. The van der Waals surface area contributed by atoms with Crippen LogP contribution < -0.4 is 16.0 Å². The van der Waals surface area contributed by atoms with Gasteiger partial charge in [-0.1, -0.05) is 6.07 Å². The fraction of sp³-hybridized carbons (Fsp3) is 0.0526. The topological polar surface area (TPSA) is 96.0 Å². The first-order valence-electron chi connectivity index (χ1n) is 8.05. The van der Waals surface area contributed by atoms with Gasteiger partial charge in [0.05, 0.1) is 0 Å². The minimum absolute atomic E-state index is 0.159. The van der Waals surface area contributed by atoms with E-state index in [1.807, 2.05) is 6.07 Å². The third kappa shape index (κ3) is 5.08. The van der Waals surface area contributed by atoms with Crippen LogP contribution in [0.4, 0.5) is 27.4 Å². The molecule has 3 rings (SSSR count). The molecule has 0 aliphatic carbocycles. The number of hydrogen-bond donors (Lipinski definition) is 3. The minimum atomic E-state index is -0.413. The molecule has 0 saturated carbocycles. The summed E-state index contributed by atoms with van der Waals surface area (Å²) in [7, 11) is 0. The van der Waals surface area contributed by atoms with E-state index >= 15 is 0 Å². The maximum Gasteiger partial charge on any atom is 0.256 e. The van der Waals surface area contributed by atoms with Gasteiger partial charge < -0.3 is 16.0 Å². The molecule has 0 fully saturated rings. The van der Waals surface area contributed by atoms with E-state index in [4.69, 9.17) is 0 Å². The number of nitrogens with one attached hydrogen (secondary N) is 3. The van der Waals surface area contributed by atoms with Crippen molar-refractivity contribution in [1.29, 1.82) is 0 Å². The molecule has 3 N–H and O–H groups in total. The van der Waals surface area contributed by atoms with Crippen LogP contribution >= 0.6 is 0 Å². The van der Waals surface area contributed by atoms with Crippen LogP contribution in [0.3, 0.4) is 0 Å². The summed E-state index contributed by atoms with van der Waals surface area (Å²) in [6, 6.07) is 15.6. The summed E-state index contributed by atoms with van der Waals surface area (Å²) >= 11 is 0. The molecule has 1 aromatic heterocycles. The van der Waals surface area contributed by atoms with Gasteiger partial charge in [0.25, 0.3) is 5.91 Å². The molecule has 0 bridgehead atoms. The molecule has 3 aromatic rings. The Kier molecular flexibility index (Phi) is 5.36. The zero-order chi connectivity index (χ0) is 19.2. The van der Waals surface area contributed by atoms with Crippen LogP contribution in [-0.2, 0) is 4.79 Å². The molecule has 0 saturated heterocycles. The van der Waals surface area contributed by atoms with Crippen molar-refractivity contribution in [3.8, 4) is 0 Å². The minimum Gasteiger partial charge on any atom is -0.339 e. The fourth-order valence-corrected chi connectivity index (χ4v) is 2.28. The Bertz CT molecular complexity index is 959. The molecule has 8 heteroatoms. The lowest BCUT2D eigenvalue weighted by Crippen LogP contribution is -2.13. The summed E-state index contributed by atoms with van der Waals surface area (Å²) in [6.45, 7) is 1.44. The zero-order valence-corrected chi connectivity index (χ0v) is 14.4. The first-order valence-corrected chi connectivity index (χ1v) is 8.05. The number of aromatic nitrogens is 2. The van der Waals surface area contributed by atoms with Crippen molar-refractivity contribution in [3.63, 3.8) is 0 Å². The summed E-state index contributed by atoms with van der Waals surface area (Å²) in [6.07, 6.45) is 0. The molecular formula is C19H16FN5O2. The highest BCUT2D eigenvalue weighted by Crippen LogP contribution is 2.19. The Labute approximate surface area is 154 Å². The van der Waals surface area contributed by atoms with E-state index in [9.17, 15) is 14.0 Å². The SMILES string of the molecule is CC(=O)Nc1cccc(Nc2ccc(NC(=O)c3ccc(F)cc3)nn2)c1. The lowest BCUT2D eigenvalue weighted by molar-refractivity contribution is -0.114. The predicted molar refractivity (Wildman–Crippen MR) is 100 cm³/mol. The first kappa shape index (κ1) is 18.0. The number of rotatable bonds is 5. The molecule has 0 aliphatic rings. The second-order valence-corrected chi connectivity index (χ2v) is 5.65. The molecule has 1 heterocycles. The lowest BCUT2D eigenvalue weighted by atomic mass is 10.2. The van der Waals surface area contributed by atoms with Crippen molar-refractivity contribution < 1.29 is 14.0 Å². The number of anilines is 4. The Morgan fingerprint density at radius 1 is 0.852 bits per heavy atom. The molecule has 2 amide bonds. The van der Waals surface area contributed by atoms with Crippen molar-refractivity contribution in [2.24, 2.45) is 0 Å². The molecular weight excluding hydrogens is 349 g/mol. The van der Waals surface area contributed by atoms with Crippen molar-refractivity contribution >= 4 is 34.8 Å². The monoisotopic (exact) mass is 365 g/mol. The average molecular weight is 365 g/mol. The third-order valence-electron chi connectivity index (χ3n) is 3.47. The maximum absolute atomic E-state index is 12.9. The van der Waals surface area contributed by atoms with Crippen LogP contribution in [0.25, 0.3) is 0 Å². The lowest BCUT2D eigenvalue weighted by Gasteiger charge is -2.08. The third-order valence-corrected chi connectivity index (χ3v) is 3.47. The van der Waals surface area contributed by atoms with E-state index in [1.165, 1.54) is 31.2 Å². The van der Waals surface area contributed by atoms with Gasteiger partial charge in [0.15, 0.2) is 11.6 Å². The molecule has 0 aliphatic heterocycles. The van der Waals surface area contributed by atoms with Crippen molar-refractivity contribution in [2.45, 2.75) is 6.92 Å². The largest absolute Gasteiger partial charge is 0.339 e. The van der Waals surface area contributed by atoms with Crippen LogP contribution in [0, 0.1) is 5.82 Å². The van der Waals surface area contributed by atoms with E-state index in [0.29, 0.717) is 17.1 Å². The normalized spacial score (nSPS) is 10.1. The van der Waals surface area contributed by atoms with Gasteiger partial charge >= 0.3 is 0 Å². The van der Waals surface area contributed by atoms with Crippen LogP contribution in [0.1, 0.15) is 17.3 Å². The van der Waals surface area contributed by atoms with E-state index in [1.54, 1.807) is 30.3 Å². The van der Waals surface area contributed by atoms with Crippen LogP contribution in [0.5, 0.6) is 0 Å². The number of amides is 2. The van der Waals surface area contributed by atoms with Crippen molar-refractivity contribution in [3.05, 3.63) is 72.0 Å². The molecule has 136 valence electrons. The highest BCUT2D eigenvalue weighted by molar-refractivity contribution is 6.03. The number of carbonyl (C=O) groups excluding carboxylic acids is 2.